The minimum Gasteiger partial charge on any atom is -0.370 e. The number of aromatic nitrogens is 2. The van der Waals surface area contributed by atoms with Gasteiger partial charge in [0.05, 0.1) is 5.69 Å². The van der Waals surface area contributed by atoms with Crippen molar-refractivity contribution in [3.8, 4) is 11.4 Å². The molecule has 0 radical (unpaired) electrons. The zero-order chi connectivity index (χ0) is 13.9. The molecule has 104 valence electrons. The molecule has 0 aliphatic carbocycles. The second-order valence-corrected chi connectivity index (χ2v) is 4.99. The van der Waals surface area contributed by atoms with Gasteiger partial charge in [0.2, 0.25) is 5.91 Å². The SMILES string of the molecule is NC(=O)CCn1c(-c2ccccc2)nc2c1CCNC2. The Morgan fingerprint density at radius 3 is 2.90 bits per heavy atom. The highest BCUT2D eigenvalue weighted by atomic mass is 16.1. The van der Waals surface area contributed by atoms with Crippen LogP contribution in [0.15, 0.2) is 30.3 Å². The molecule has 0 unspecified atom stereocenters. The van der Waals surface area contributed by atoms with E-state index in [1.807, 2.05) is 30.3 Å². The number of carbonyl (C=O) groups is 1. The maximum absolute atomic E-state index is 11.1. The third-order valence-corrected chi connectivity index (χ3v) is 3.60. The molecule has 1 aliphatic heterocycles. The molecule has 0 saturated heterocycles. The van der Waals surface area contributed by atoms with Crippen LogP contribution in [0.2, 0.25) is 0 Å². The highest BCUT2D eigenvalue weighted by Gasteiger charge is 2.20. The van der Waals surface area contributed by atoms with Crippen molar-refractivity contribution in [1.29, 1.82) is 0 Å². The Kier molecular flexibility index (Phi) is 3.52. The van der Waals surface area contributed by atoms with Gasteiger partial charge in [-0.15, -0.1) is 0 Å². The van der Waals surface area contributed by atoms with Crippen LogP contribution in [0.25, 0.3) is 11.4 Å². The molecule has 1 aromatic carbocycles. The first-order valence-electron chi connectivity index (χ1n) is 6.88. The van der Waals surface area contributed by atoms with Crippen molar-refractivity contribution in [2.45, 2.75) is 25.9 Å². The monoisotopic (exact) mass is 270 g/mol. The minimum absolute atomic E-state index is 0.277. The standard InChI is InChI=1S/C15H18N4O/c16-14(20)7-9-19-13-6-8-17-10-12(13)18-15(19)11-4-2-1-3-5-11/h1-5,17H,6-10H2,(H2,16,20). The van der Waals surface area contributed by atoms with Crippen LogP contribution in [0.5, 0.6) is 0 Å². The van der Waals surface area contributed by atoms with Crippen LogP contribution < -0.4 is 11.1 Å². The normalized spacial score (nSPS) is 14.0. The smallest absolute Gasteiger partial charge is 0.219 e. The lowest BCUT2D eigenvalue weighted by Gasteiger charge is -2.15. The van der Waals surface area contributed by atoms with Gasteiger partial charge in [0.25, 0.3) is 0 Å². The number of nitrogens with one attached hydrogen (secondary N) is 1. The molecule has 1 aromatic heterocycles. The largest absolute Gasteiger partial charge is 0.370 e. The highest BCUT2D eigenvalue weighted by molar-refractivity contribution is 5.73. The summed E-state index contributed by atoms with van der Waals surface area (Å²) >= 11 is 0. The summed E-state index contributed by atoms with van der Waals surface area (Å²) in [4.78, 5) is 15.8. The summed E-state index contributed by atoms with van der Waals surface area (Å²) < 4.78 is 2.15. The fourth-order valence-electron chi connectivity index (χ4n) is 2.64. The van der Waals surface area contributed by atoms with Crippen LogP contribution in [0.4, 0.5) is 0 Å². The van der Waals surface area contributed by atoms with E-state index in [1.54, 1.807) is 0 Å². The zero-order valence-electron chi connectivity index (χ0n) is 11.3. The van der Waals surface area contributed by atoms with Gasteiger partial charge in [-0.3, -0.25) is 4.79 Å². The average Bonchev–Trinajstić information content (AvgIpc) is 2.84. The molecular formula is C15H18N4O. The van der Waals surface area contributed by atoms with Gasteiger partial charge in [-0.05, 0) is 0 Å². The Labute approximate surface area is 117 Å². The molecule has 0 bridgehead atoms. The van der Waals surface area contributed by atoms with Gasteiger partial charge in [-0.2, -0.15) is 0 Å². The molecular weight excluding hydrogens is 252 g/mol. The number of rotatable bonds is 4. The maximum atomic E-state index is 11.1. The van der Waals surface area contributed by atoms with Gasteiger partial charge in [-0.1, -0.05) is 30.3 Å². The molecule has 2 aromatic rings. The molecule has 1 aliphatic rings. The van der Waals surface area contributed by atoms with Gasteiger partial charge in [-0.25, -0.2) is 4.98 Å². The molecule has 0 fully saturated rings. The predicted octanol–water partition coefficient (Wildman–Crippen LogP) is 1.07. The second-order valence-electron chi connectivity index (χ2n) is 4.99. The summed E-state index contributed by atoms with van der Waals surface area (Å²) in [5.74, 6) is 0.654. The fraction of sp³-hybridized carbons (Fsp3) is 0.333. The van der Waals surface area contributed by atoms with Gasteiger partial charge < -0.3 is 15.6 Å². The number of primary amides is 1. The van der Waals surface area contributed by atoms with Crippen LogP contribution in [0.3, 0.4) is 0 Å². The van der Waals surface area contributed by atoms with Crippen molar-refractivity contribution in [1.82, 2.24) is 14.9 Å². The molecule has 5 heteroatoms. The average molecular weight is 270 g/mol. The zero-order valence-corrected chi connectivity index (χ0v) is 11.3. The number of nitrogens with two attached hydrogens (primary N) is 1. The Balaban J connectivity index is 2.03. The van der Waals surface area contributed by atoms with Gasteiger partial charge >= 0.3 is 0 Å². The van der Waals surface area contributed by atoms with Crippen molar-refractivity contribution in [2.24, 2.45) is 5.73 Å². The first-order valence-corrected chi connectivity index (χ1v) is 6.88. The van der Waals surface area contributed by atoms with Crippen molar-refractivity contribution in [3.63, 3.8) is 0 Å². The van der Waals surface area contributed by atoms with Crippen LogP contribution in [0, 0.1) is 0 Å². The number of carbonyl (C=O) groups excluding carboxylic acids is 1. The molecule has 1 amide bonds. The topological polar surface area (TPSA) is 72.9 Å². The van der Waals surface area contributed by atoms with Crippen molar-refractivity contribution < 1.29 is 4.79 Å². The summed E-state index contributed by atoms with van der Waals surface area (Å²) in [7, 11) is 0. The lowest BCUT2D eigenvalue weighted by molar-refractivity contribution is -0.118. The Morgan fingerprint density at radius 1 is 1.35 bits per heavy atom. The van der Waals surface area contributed by atoms with E-state index in [9.17, 15) is 4.79 Å². The summed E-state index contributed by atoms with van der Waals surface area (Å²) in [5, 5.41) is 3.33. The van der Waals surface area contributed by atoms with Crippen LogP contribution >= 0.6 is 0 Å². The van der Waals surface area contributed by atoms with Gasteiger partial charge in [0.1, 0.15) is 5.82 Å². The lowest BCUT2D eigenvalue weighted by atomic mass is 10.2. The van der Waals surface area contributed by atoms with E-state index < -0.39 is 0 Å². The quantitative estimate of drug-likeness (QED) is 0.873. The Morgan fingerprint density at radius 2 is 2.15 bits per heavy atom. The molecule has 0 atom stereocenters. The number of nitrogens with zero attached hydrogens (tertiary/aromatic N) is 2. The molecule has 0 spiro atoms. The molecule has 3 rings (SSSR count). The van der Waals surface area contributed by atoms with Crippen molar-refractivity contribution in [2.75, 3.05) is 6.54 Å². The van der Waals surface area contributed by atoms with Crippen LogP contribution in [0.1, 0.15) is 17.8 Å². The summed E-state index contributed by atoms with van der Waals surface area (Å²) in [6.45, 7) is 2.34. The number of fused-ring (bicyclic) bond motifs is 1. The van der Waals surface area contributed by atoms with Crippen molar-refractivity contribution in [3.05, 3.63) is 41.7 Å². The van der Waals surface area contributed by atoms with E-state index in [0.717, 1.165) is 36.6 Å². The van der Waals surface area contributed by atoms with E-state index in [-0.39, 0.29) is 5.91 Å². The van der Waals surface area contributed by atoms with Gasteiger partial charge in [0, 0.05) is 43.7 Å². The first-order chi connectivity index (χ1) is 9.75. The van der Waals surface area contributed by atoms with E-state index in [0.29, 0.717) is 13.0 Å². The van der Waals surface area contributed by atoms with E-state index in [4.69, 9.17) is 10.7 Å². The van der Waals surface area contributed by atoms with E-state index in [1.165, 1.54) is 5.69 Å². The first kappa shape index (κ1) is 12.9. The van der Waals surface area contributed by atoms with Crippen molar-refractivity contribution >= 4 is 5.91 Å². The number of imidazole rings is 1. The third-order valence-electron chi connectivity index (χ3n) is 3.60. The number of amides is 1. The van der Waals surface area contributed by atoms with E-state index in [2.05, 4.69) is 9.88 Å². The summed E-state index contributed by atoms with van der Waals surface area (Å²) in [6.07, 6.45) is 1.28. The molecule has 5 nitrogen and oxygen atoms in total. The highest BCUT2D eigenvalue weighted by Crippen LogP contribution is 2.24. The number of hydrogen-bond acceptors (Lipinski definition) is 3. The lowest BCUT2D eigenvalue weighted by Crippen LogP contribution is -2.25. The molecule has 2 heterocycles. The molecule has 20 heavy (non-hydrogen) atoms. The predicted molar refractivity (Wildman–Crippen MR) is 76.9 cm³/mol. The maximum Gasteiger partial charge on any atom is 0.219 e. The molecule has 0 saturated carbocycles. The van der Waals surface area contributed by atoms with Crippen LogP contribution in [-0.4, -0.2) is 22.0 Å². The van der Waals surface area contributed by atoms with E-state index >= 15 is 0 Å². The number of benzene rings is 1. The molecule has 3 N–H and O–H groups in total. The number of hydrogen-bond donors (Lipinski definition) is 2. The van der Waals surface area contributed by atoms with Crippen LogP contribution in [-0.2, 0) is 24.3 Å². The summed E-state index contributed by atoms with van der Waals surface area (Å²) in [6, 6.07) is 10.1. The fourth-order valence-corrected chi connectivity index (χ4v) is 2.64. The third kappa shape index (κ3) is 2.44. The minimum atomic E-state index is -0.277. The van der Waals surface area contributed by atoms with Gasteiger partial charge in [0.15, 0.2) is 0 Å². The second kappa shape index (κ2) is 5.46. The Bertz CT molecular complexity index is 618. The Hall–Kier alpha value is -2.14. The summed E-state index contributed by atoms with van der Waals surface area (Å²) in [5.41, 5.74) is 8.67.